The van der Waals surface area contributed by atoms with E-state index in [-0.39, 0.29) is 0 Å². The molecule has 1 unspecified atom stereocenters. The van der Waals surface area contributed by atoms with E-state index in [0.717, 1.165) is 12.8 Å². The molecule has 15 heavy (non-hydrogen) atoms. The van der Waals surface area contributed by atoms with Crippen LogP contribution < -0.4 is 0 Å². The van der Waals surface area contributed by atoms with Crippen molar-refractivity contribution < 1.29 is 8.76 Å². The second-order valence-electron chi connectivity index (χ2n) is 4.43. The standard InChI is InChI=1S/C12H18O2S/c13-15(14)12-8-4-7-11(9-12)10-5-2-1-3-6-10/h8-10H,1-7H2,(H,13,14)/p-1. The highest BCUT2D eigenvalue weighted by molar-refractivity contribution is 7.83. The third-order valence-electron chi connectivity index (χ3n) is 3.43. The van der Waals surface area contributed by atoms with Gasteiger partial charge in [-0.15, -0.1) is 0 Å². The van der Waals surface area contributed by atoms with E-state index in [0.29, 0.717) is 10.8 Å². The van der Waals surface area contributed by atoms with Crippen LogP contribution >= 0.6 is 0 Å². The van der Waals surface area contributed by atoms with Crippen molar-refractivity contribution >= 4 is 11.1 Å². The maximum Gasteiger partial charge on any atom is 0.0208 e. The highest BCUT2D eigenvalue weighted by Gasteiger charge is 2.19. The molecule has 0 N–H and O–H groups in total. The molecule has 0 aromatic rings. The lowest BCUT2D eigenvalue weighted by Crippen LogP contribution is -2.11. The van der Waals surface area contributed by atoms with Crippen LogP contribution in [0.25, 0.3) is 0 Å². The zero-order valence-electron chi connectivity index (χ0n) is 8.91. The summed E-state index contributed by atoms with van der Waals surface area (Å²) in [4.78, 5) is 0.502. The minimum atomic E-state index is -2.04. The van der Waals surface area contributed by atoms with E-state index in [1.807, 2.05) is 12.2 Å². The Balaban J connectivity index is 2.08. The average Bonchev–Trinajstić information content (AvgIpc) is 2.30. The Morgan fingerprint density at radius 1 is 1.27 bits per heavy atom. The van der Waals surface area contributed by atoms with Gasteiger partial charge in [-0.2, -0.15) is 0 Å². The molecule has 0 heterocycles. The van der Waals surface area contributed by atoms with Crippen LogP contribution in [-0.4, -0.2) is 8.76 Å². The Kier molecular flexibility index (Phi) is 3.76. The summed E-state index contributed by atoms with van der Waals surface area (Å²) in [6, 6.07) is 0. The zero-order chi connectivity index (χ0) is 10.7. The molecule has 2 rings (SSSR count). The fourth-order valence-corrected chi connectivity index (χ4v) is 3.11. The molecule has 0 saturated heterocycles. The lowest BCUT2D eigenvalue weighted by Gasteiger charge is -2.27. The lowest BCUT2D eigenvalue weighted by molar-refractivity contribution is 0.394. The van der Waals surface area contributed by atoms with E-state index in [1.165, 1.54) is 37.7 Å². The van der Waals surface area contributed by atoms with Gasteiger partial charge in [-0.25, -0.2) is 0 Å². The van der Waals surface area contributed by atoms with E-state index in [2.05, 4.69) is 0 Å². The molecule has 0 amide bonds. The molecule has 0 aliphatic heterocycles. The summed E-state index contributed by atoms with van der Waals surface area (Å²) >= 11 is -2.04. The minimum absolute atomic E-state index is 0.502. The van der Waals surface area contributed by atoms with Gasteiger partial charge in [-0.3, -0.25) is 4.21 Å². The Hall–Kier alpha value is -0.410. The predicted molar refractivity (Wildman–Crippen MR) is 60.9 cm³/mol. The van der Waals surface area contributed by atoms with E-state index in [4.69, 9.17) is 0 Å². The molecule has 0 radical (unpaired) electrons. The van der Waals surface area contributed by atoms with E-state index in [9.17, 15) is 8.76 Å². The minimum Gasteiger partial charge on any atom is -0.768 e. The molecule has 0 bridgehead atoms. The smallest absolute Gasteiger partial charge is 0.0208 e. The van der Waals surface area contributed by atoms with Crippen molar-refractivity contribution in [2.24, 2.45) is 5.92 Å². The van der Waals surface area contributed by atoms with Crippen molar-refractivity contribution in [3.63, 3.8) is 0 Å². The van der Waals surface area contributed by atoms with Gasteiger partial charge < -0.3 is 4.55 Å². The Morgan fingerprint density at radius 3 is 2.67 bits per heavy atom. The van der Waals surface area contributed by atoms with Gasteiger partial charge >= 0.3 is 0 Å². The molecule has 2 aliphatic rings. The first-order chi connectivity index (χ1) is 7.27. The third-order valence-corrected chi connectivity index (χ3v) is 4.10. The summed E-state index contributed by atoms with van der Waals surface area (Å²) in [5, 5.41) is 0. The maximum atomic E-state index is 10.9. The number of hydrogen-bond donors (Lipinski definition) is 0. The van der Waals surface area contributed by atoms with E-state index in [1.54, 1.807) is 0 Å². The summed E-state index contributed by atoms with van der Waals surface area (Å²) in [5.74, 6) is 0.658. The van der Waals surface area contributed by atoms with Crippen molar-refractivity contribution in [3.05, 3.63) is 22.6 Å². The van der Waals surface area contributed by atoms with Crippen LogP contribution in [0.2, 0.25) is 0 Å². The SMILES string of the molecule is O=S([O-])C1=CCCC(C2CCCCC2)=C1. The zero-order valence-corrected chi connectivity index (χ0v) is 9.72. The fraction of sp³-hybridized carbons (Fsp3) is 0.667. The first-order valence-corrected chi connectivity index (χ1v) is 6.85. The quantitative estimate of drug-likeness (QED) is 0.678. The van der Waals surface area contributed by atoms with Crippen LogP contribution in [-0.2, 0) is 11.1 Å². The van der Waals surface area contributed by atoms with Gasteiger partial charge in [0, 0.05) is 4.91 Å². The highest BCUT2D eigenvalue weighted by Crippen LogP contribution is 2.34. The van der Waals surface area contributed by atoms with E-state index >= 15 is 0 Å². The first-order valence-electron chi connectivity index (χ1n) is 5.77. The molecule has 2 aliphatic carbocycles. The fourth-order valence-electron chi connectivity index (χ4n) is 2.61. The molecule has 84 valence electrons. The van der Waals surface area contributed by atoms with Crippen LogP contribution in [0, 0.1) is 5.92 Å². The van der Waals surface area contributed by atoms with Gasteiger partial charge in [0.25, 0.3) is 0 Å². The molecular weight excluding hydrogens is 208 g/mol. The molecule has 1 fully saturated rings. The van der Waals surface area contributed by atoms with Crippen LogP contribution in [0.1, 0.15) is 44.9 Å². The Morgan fingerprint density at radius 2 is 2.00 bits per heavy atom. The second-order valence-corrected chi connectivity index (χ2v) is 5.37. The maximum absolute atomic E-state index is 10.9. The van der Waals surface area contributed by atoms with Crippen LogP contribution in [0.4, 0.5) is 0 Å². The Bertz CT molecular complexity index is 312. The molecule has 1 atom stereocenters. The van der Waals surface area contributed by atoms with Crippen molar-refractivity contribution in [3.8, 4) is 0 Å². The van der Waals surface area contributed by atoms with Crippen molar-refractivity contribution in [1.82, 2.24) is 0 Å². The van der Waals surface area contributed by atoms with Gasteiger partial charge in [0.15, 0.2) is 0 Å². The van der Waals surface area contributed by atoms with Gasteiger partial charge in [0.05, 0.1) is 0 Å². The third kappa shape index (κ3) is 2.79. The van der Waals surface area contributed by atoms with E-state index < -0.39 is 11.1 Å². The molecule has 0 aromatic heterocycles. The van der Waals surface area contributed by atoms with Gasteiger partial charge in [0.2, 0.25) is 0 Å². The monoisotopic (exact) mass is 225 g/mol. The molecule has 1 saturated carbocycles. The van der Waals surface area contributed by atoms with Crippen molar-refractivity contribution in [2.75, 3.05) is 0 Å². The lowest BCUT2D eigenvalue weighted by atomic mass is 9.81. The average molecular weight is 225 g/mol. The summed E-state index contributed by atoms with van der Waals surface area (Å²) in [6.45, 7) is 0. The first kappa shape index (κ1) is 11.1. The summed E-state index contributed by atoms with van der Waals surface area (Å²) < 4.78 is 21.7. The van der Waals surface area contributed by atoms with Crippen molar-refractivity contribution in [2.45, 2.75) is 44.9 Å². The summed E-state index contributed by atoms with van der Waals surface area (Å²) in [6.07, 6.45) is 12.2. The van der Waals surface area contributed by atoms with Crippen LogP contribution in [0.15, 0.2) is 22.6 Å². The molecule has 0 spiro atoms. The largest absolute Gasteiger partial charge is 0.768 e. The van der Waals surface area contributed by atoms with Gasteiger partial charge in [0.1, 0.15) is 0 Å². The molecule has 0 aromatic carbocycles. The number of allylic oxidation sites excluding steroid dienone is 3. The molecule has 3 heteroatoms. The predicted octanol–water partition coefficient (Wildman–Crippen LogP) is 3.05. The second kappa shape index (κ2) is 5.08. The summed E-state index contributed by atoms with van der Waals surface area (Å²) in [5.41, 5.74) is 1.37. The highest BCUT2D eigenvalue weighted by atomic mass is 32.2. The number of rotatable bonds is 2. The van der Waals surface area contributed by atoms with Gasteiger partial charge in [-0.05, 0) is 48.8 Å². The molecule has 2 nitrogen and oxygen atoms in total. The van der Waals surface area contributed by atoms with Crippen molar-refractivity contribution in [1.29, 1.82) is 0 Å². The number of hydrogen-bond acceptors (Lipinski definition) is 2. The molecular formula is C12H17O2S-. The normalized spacial score (nSPS) is 25.7. The topological polar surface area (TPSA) is 40.1 Å². The van der Waals surface area contributed by atoms with Crippen LogP contribution in [0.5, 0.6) is 0 Å². The Labute approximate surface area is 93.7 Å². The van der Waals surface area contributed by atoms with Crippen LogP contribution in [0.3, 0.4) is 0 Å². The van der Waals surface area contributed by atoms with Gasteiger partial charge in [-0.1, -0.05) is 30.9 Å². The summed E-state index contributed by atoms with van der Waals surface area (Å²) in [7, 11) is 0.